The van der Waals surface area contributed by atoms with Crippen molar-refractivity contribution in [2.75, 3.05) is 25.9 Å². The minimum atomic E-state index is -0.783. The standard InChI is InChI=1S/C27H27Cl2N9O3S/c1-35(27(41)32-9-15-5-6-18(28)19(29)7-15)37-13-23(39)38-20(8-17-10-31-14-33-17)25(40)36(12-22(37)38)11-16-3-2-4-21-24(16)34-26(30)42-21/h2-7,10,14,20,22H,8-9,11-13H2,1H3,(H2,30,34)(H,31,33)(H,32,41)/t20-,22+/m0/s1. The molecule has 0 unspecified atom stereocenters. The van der Waals surface area contributed by atoms with Gasteiger partial charge < -0.3 is 25.8 Å². The number of hydrogen-bond donors (Lipinski definition) is 3. The largest absolute Gasteiger partial charge is 0.375 e. The third-order valence-corrected chi connectivity index (χ3v) is 9.11. The van der Waals surface area contributed by atoms with E-state index in [-0.39, 0.29) is 44.4 Å². The Balaban J connectivity index is 1.25. The second-order valence-electron chi connectivity index (χ2n) is 10.1. The Morgan fingerprint density at radius 2 is 2.07 bits per heavy atom. The van der Waals surface area contributed by atoms with Crippen molar-refractivity contribution in [1.82, 2.24) is 40.1 Å². The van der Waals surface area contributed by atoms with E-state index in [2.05, 4.69) is 20.3 Å². The lowest BCUT2D eigenvalue weighted by molar-refractivity contribution is -0.157. The normalized spacial score (nSPS) is 19.0. The van der Waals surface area contributed by atoms with Gasteiger partial charge in [-0.2, -0.15) is 5.01 Å². The van der Waals surface area contributed by atoms with Crippen LogP contribution in [0.5, 0.6) is 0 Å². The first kappa shape index (κ1) is 28.2. The number of H-pyrrole nitrogens is 1. The van der Waals surface area contributed by atoms with Gasteiger partial charge in [0.1, 0.15) is 12.2 Å². The van der Waals surface area contributed by atoms with Gasteiger partial charge in [-0.15, -0.1) is 0 Å². The summed E-state index contributed by atoms with van der Waals surface area (Å²) in [6.07, 6.45) is 2.87. The highest BCUT2D eigenvalue weighted by molar-refractivity contribution is 7.22. The number of aromatic amines is 1. The van der Waals surface area contributed by atoms with Gasteiger partial charge in [-0.25, -0.2) is 14.8 Å². The number of rotatable bonds is 7. The molecular formula is C27H27Cl2N9O3S. The van der Waals surface area contributed by atoms with Crippen LogP contribution in [0.4, 0.5) is 9.93 Å². The van der Waals surface area contributed by atoms with E-state index in [0.29, 0.717) is 15.2 Å². The maximum atomic E-state index is 13.9. The number of benzene rings is 2. The number of piperazine rings is 1. The fourth-order valence-corrected chi connectivity index (χ4v) is 6.57. The highest BCUT2D eigenvalue weighted by atomic mass is 35.5. The molecule has 0 bridgehead atoms. The van der Waals surface area contributed by atoms with Gasteiger partial charge in [0.2, 0.25) is 11.8 Å². The average molecular weight is 629 g/mol. The minimum absolute atomic E-state index is 0.0554. The highest BCUT2D eigenvalue weighted by Crippen LogP contribution is 2.32. The van der Waals surface area contributed by atoms with Crippen molar-refractivity contribution >= 4 is 67.7 Å². The number of aromatic nitrogens is 3. The van der Waals surface area contributed by atoms with Gasteiger partial charge >= 0.3 is 6.03 Å². The molecule has 0 saturated carbocycles. The van der Waals surface area contributed by atoms with E-state index in [1.54, 1.807) is 46.3 Å². The smallest absolute Gasteiger partial charge is 0.332 e. The predicted molar refractivity (Wildman–Crippen MR) is 159 cm³/mol. The van der Waals surface area contributed by atoms with Gasteiger partial charge in [-0.1, -0.05) is 52.7 Å². The van der Waals surface area contributed by atoms with Gasteiger partial charge in [0.15, 0.2) is 5.13 Å². The summed E-state index contributed by atoms with van der Waals surface area (Å²) in [7, 11) is 1.60. The summed E-state index contributed by atoms with van der Waals surface area (Å²) in [5.74, 6) is -0.431. The maximum absolute atomic E-state index is 13.9. The Kier molecular flexibility index (Phi) is 7.66. The van der Waals surface area contributed by atoms with Crippen molar-refractivity contribution in [3.05, 3.63) is 75.8 Å². The number of hydrazine groups is 1. The van der Waals surface area contributed by atoms with Crippen molar-refractivity contribution in [1.29, 1.82) is 0 Å². The number of carbonyl (C=O) groups is 3. The molecule has 2 aromatic carbocycles. The Labute approximate surface area is 255 Å². The van der Waals surface area contributed by atoms with Crippen molar-refractivity contribution in [2.24, 2.45) is 0 Å². The maximum Gasteiger partial charge on any atom is 0.332 e. The molecule has 4 N–H and O–H groups in total. The number of thiazole rings is 1. The second kappa shape index (κ2) is 11.4. The molecule has 2 fully saturated rings. The number of amides is 4. The fourth-order valence-electron chi connectivity index (χ4n) is 5.47. The fraction of sp³-hybridized carbons (Fsp3) is 0.296. The number of halogens is 2. The number of anilines is 1. The summed E-state index contributed by atoms with van der Waals surface area (Å²) in [6, 6.07) is 9.71. The van der Waals surface area contributed by atoms with Crippen LogP contribution in [-0.2, 0) is 29.1 Å². The molecule has 2 aromatic heterocycles. The SMILES string of the molecule is CN(C(=O)NCc1ccc(Cl)c(Cl)c1)N1CC(=O)N2[C@@H](Cc3cnc[nH]3)C(=O)N(Cc3cccc4sc(N)nc34)C[C@@H]21. The summed E-state index contributed by atoms with van der Waals surface area (Å²) in [4.78, 5) is 55.5. The Bertz CT molecular complexity index is 1660. The van der Waals surface area contributed by atoms with Gasteiger partial charge in [-0.05, 0) is 29.3 Å². The number of carbonyl (C=O) groups excluding carboxylic acids is 3. The molecule has 0 spiro atoms. The molecule has 2 saturated heterocycles. The predicted octanol–water partition coefficient (Wildman–Crippen LogP) is 3.09. The first-order valence-corrected chi connectivity index (χ1v) is 14.7. The van der Waals surface area contributed by atoms with E-state index in [4.69, 9.17) is 28.9 Å². The number of fused-ring (bicyclic) bond motifs is 2. The topological polar surface area (TPSA) is 144 Å². The molecule has 0 aliphatic carbocycles. The molecule has 2 aliphatic heterocycles. The molecule has 42 heavy (non-hydrogen) atoms. The number of nitrogens with one attached hydrogen (secondary N) is 2. The molecule has 4 amide bonds. The number of imidazole rings is 1. The van der Waals surface area contributed by atoms with Crippen LogP contribution in [0.1, 0.15) is 16.8 Å². The number of urea groups is 1. The van der Waals surface area contributed by atoms with Crippen LogP contribution in [0.3, 0.4) is 0 Å². The molecule has 12 nitrogen and oxygen atoms in total. The van der Waals surface area contributed by atoms with E-state index >= 15 is 0 Å². The lowest BCUT2D eigenvalue weighted by Crippen LogP contribution is -2.65. The average Bonchev–Trinajstić information content (AvgIpc) is 3.70. The molecule has 218 valence electrons. The van der Waals surface area contributed by atoms with E-state index < -0.39 is 18.2 Å². The van der Waals surface area contributed by atoms with E-state index in [9.17, 15) is 14.4 Å². The van der Waals surface area contributed by atoms with E-state index in [1.165, 1.54) is 22.7 Å². The van der Waals surface area contributed by atoms with Gasteiger partial charge in [0.05, 0.1) is 39.7 Å². The lowest BCUT2D eigenvalue weighted by Gasteiger charge is -2.45. The Morgan fingerprint density at radius 3 is 2.83 bits per heavy atom. The van der Waals surface area contributed by atoms with Gasteiger partial charge in [-0.3, -0.25) is 14.6 Å². The third kappa shape index (κ3) is 5.36. The minimum Gasteiger partial charge on any atom is -0.375 e. The van der Waals surface area contributed by atoms with Crippen LogP contribution in [0, 0.1) is 0 Å². The summed E-state index contributed by atoms with van der Waals surface area (Å²) in [5, 5.41) is 7.21. The zero-order chi connectivity index (χ0) is 29.5. The summed E-state index contributed by atoms with van der Waals surface area (Å²) >= 11 is 13.5. The summed E-state index contributed by atoms with van der Waals surface area (Å²) < 4.78 is 0.932. The molecule has 4 heterocycles. The highest BCUT2D eigenvalue weighted by Gasteiger charge is 2.51. The number of nitrogens with zero attached hydrogens (tertiary/aromatic N) is 6. The zero-order valence-electron chi connectivity index (χ0n) is 22.5. The summed E-state index contributed by atoms with van der Waals surface area (Å²) in [6.45, 7) is 0.632. The van der Waals surface area contributed by atoms with Gasteiger partial charge in [0, 0.05) is 38.4 Å². The second-order valence-corrected chi connectivity index (χ2v) is 12.0. The van der Waals surface area contributed by atoms with E-state index in [1.807, 2.05) is 18.2 Å². The quantitative estimate of drug-likeness (QED) is 0.286. The first-order chi connectivity index (χ1) is 20.2. The number of para-hydroxylation sites is 1. The van der Waals surface area contributed by atoms with Crippen LogP contribution in [0.25, 0.3) is 10.2 Å². The van der Waals surface area contributed by atoms with Crippen LogP contribution >= 0.6 is 34.5 Å². The van der Waals surface area contributed by atoms with Crippen molar-refractivity contribution in [3.8, 4) is 0 Å². The van der Waals surface area contributed by atoms with Crippen molar-refractivity contribution < 1.29 is 14.4 Å². The van der Waals surface area contributed by atoms with Crippen molar-refractivity contribution in [2.45, 2.75) is 31.7 Å². The van der Waals surface area contributed by atoms with Crippen molar-refractivity contribution in [3.63, 3.8) is 0 Å². The Hall–Kier alpha value is -3.91. The molecule has 2 aliphatic rings. The number of hydrogen-bond acceptors (Lipinski definition) is 8. The molecule has 15 heteroatoms. The Morgan fingerprint density at radius 1 is 1.24 bits per heavy atom. The first-order valence-electron chi connectivity index (χ1n) is 13.1. The molecule has 2 atom stereocenters. The molecule has 6 rings (SSSR count). The number of nitrogen functional groups attached to an aromatic ring is 1. The monoisotopic (exact) mass is 627 g/mol. The zero-order valence-corrected chi connectivity index (χ0v) is 24.8. The molecule has 0 radical (unpaired) electrons. The molecular weight excluding hydrogens is 601 g/mol. The molecule has 4 aromatic rings. The van der Waals surface area contributed by atoms with Crippen LogP contribution in [0.15, 0.2) is 48.9 Å². The van der Waals surface area contributed by atoms with Gasteiger partial charge in [0.25, 0.3) is 0 Å². The van der Waals surface area contributed by atoms with Crippen LogP contribution < -0.4 is 11.1 Å². The third-order valence-electron chi connectivity index (χ3n) is 7.52. The van der Waals surface area contributed by atoms with Crippen LogP contribution in [-0.4, -0.2) is 85.0 Å². The van der Waals surface area contributed by atoms with Crippen LogP contribution in [0.2, 0.25) is 10.0 Å². The van der Waals surface area contributed by atoms with E-state index in [0.717, 1.165) is 27.0 Å². The lowest BCUT2D eigenvalue weighted by atomic mass is 10.0. The number of nitrogens with two attached hydrogens (primary N) is 1. The summed E-state index contributed by atoms with van der Waals surface area (Å²) in [5.41, 5.74) is 9.07.